The number of aromatic nitrogens is 2. The number of para-hydroxylation sites is 1. The van der Waals surface area contributed by atoms with Crippen LogP contribution in [0, 0.1) is 0 Å². The molecule has 0 aliphatic rings. The van der Waals surface area contributed by atoms with E-state index < -0.39 is 16.8 Å². The fraction of sp³-hybridized carbons (Fsp3) is 0.250. The van der Waals surface area contributed by atoms with Crippen molar-refractivity contribution in [3.63, 3.8) is 0 Å². The summed E-state index contributed by atoms with van der Waals surface area (Å²) in [5.74, 6) is 0.0123. The van der Waals surface area contributed by atoms with Gasteiger partial charge in [0.05, 0.1) is 22.6 Å². The van der Waals surface area contributed by atoms with Crippen molar-refractivity contribution in [1.82, 2.24) is 14.5 Å². The summed E-state index contributed by atoms with van der Waals surface area (Å²) in [5.41, 5.74) is 1.02. The topological polar surface area (TPSA) is 55.2 Å². The number of rotatable bonds is 5. The van der Waals surface area contributed by atoms with E-state index in [1.54, 1.807) is 18.2 Å². The first-order valence-electron chi connectivity index (χ1n) is 8.71. The predicted molar refractivity (Wildman–Crippen MR) is 116 cm³/mol. The minimum absolute atomic E-state index is 0.202. The largest absolute Gasteiger partial charge is 0.331 e. The molecular formula is C20H18BrCl2N3O2. The number of amides is 1. The molecule has 3 rings (SSSR count). The maximum absolute atomic E-state index is 13.3. The molecule has 1 unspecified atom stereocenters. The van der Waals surface area contributed by atoms with Gasteiger partial charge in [-0.15, -0.1) is 0 Å². The highest BCUT2D eigenvalue weighted by molar-refractivity contribution is 9.10. The Hall–Kier alpha value is -1.89. The molecule has 0 radical (unpaired) electrons. The number of hydrogen-bond acceptors (Lipinski definition) is 3. The van der Waals surface area contributed by atoms with Gasteiger partial charge in [-0.1, -0.05) is 51.3 Å². The third-order valence-corrected chi connectivity index (χ3v) is 5.44. The Morgan fingerprint density at radius 1 is 1.18 bits per heavy atom. The number of halogens is 3. The SMILES string of the molecule is CCN(C(=O)C(Cl)Cl)C(C)c1nc2ccccc2c(=O)n1-c1ccc(Br)cc1. The van der Waals surface area contributed by atoms with Crippen LogP contribution in [0.4, 0.5) is 0 Å². The highest BCUT2D eigenvalue weighted by Crippen LogP contribution is 2.25. The Kier molecular flexibility index (Phi) is 6.43. The molecule has 1 atom stereocenters. The lowest BCUT2D eigenvalue weighted by molar-refractivity contribution is -0.131. The van der Waals surface area contributed by atoms with Crippen molar-refractivity contribution in [3.8, 4) is 5.69 Å². The quantitative estimate of drug-likeness (QED) is 0.488. The van der Waals surface area contributed by atoms with Crippen molar-refractivity contribution in [3.05, 3.63) is 69.2 Å². The fourth-order valence-electron chi connectivity index (χ4n) is 3.16. The normalized spacial score (nSPS) is 12.4. The summed E-state index contributed by atoms with van der Waals surface area (Å²) in [7, 11) is 0. The molecule has 1 heterocycles. The molecule has 146 valence electrons. The van der Waals surface area contributed by atoms with Gasteiger partial charge in [-0.3, -0.25) is 14.2 Å². The molecule has 0 N–H and O–H groups in total. The number of nitrogens with zero attached hydrogens (tertiary/aromatic N) is 3. The summed E-state index contributed by atoms with van der Waals surface area (Å²) < 4.78 is 2.43. The summed E-state index contributed by atoms with van der Waals surface area (Å²) in [5, 5.41) is 0.503. The molecule has 0 saturated heterocycles. The van der Waals surface area contributed by atoms with Crippen LogP contribution in [0.25, 0.3) is 16.6 Å². The first-order chi connectivity index (χ1) is 13.3. The van der Waals surface area contributed by atoms with E-state index in [0.717, 1.165) is 4.47 Å². The fourth-order valence-corrected chi connectivity index (χ4v) is 3.67. The van der Waals surface area contributed by atoms with Crippen molar-refractivity contribution in [1.29, 1.82) is 0 Å². The van der Waals surface area contributed by atoms with Gasteiger partial charge in [-0.2, -0.15) is 0 Å². The Labute approximate surface area is 181 Å². The summed E-state index contributed by atoms with van der Waals surface area (Å²) in [6.45, 7) is 4.01. The molecule has 0 aliphatic heterocycles. The average molecular weight is 483 g/mol. The van der Waals surface area contributed by atoms with Gasteiger partial charge in [0.15, 0.2) is 4.84 Å². The highest BCUT2D eigenvalue weighted by Gasteiger charge is 2.28. The molecule has 5 nitrogen and oxygen atoms in total. The van der Waals surface area contributed by atoms with Gasteiger partial charge < -0.3 is 4.90 Å². The standard InChI is InChI=1S/C20H18BrCl2N3O2/c1-3-25(20(28)17(22)23)12(2)18-24-16-7-5-4-6-15(16)19(27)26(18)14-10-8-13(21)9-11-14/h4-12,17H,3H2,1-2H3. The molecule has 28 heavy (non-hydrogen) atoms. The van der Waals surface area contributed by atoms with Crippen LogP contribution in [0.2, 0.25) is 0 Å². The third-order valence-electron chi connectivity index (χ3n) is 4.54. The van der Waals surface area contributed by atoms with Gasteiger partial charge in [0.2, 0.25) is 0 Å². The zero-order chi connectivity index (χ0) is 20.4. The van der Waals surface area contributed by atoms with Gasteiger partial charge in [0, 0.05) is 11.0 Å². The van der Waals surface area contributed by atoms with Crippen LogP contribution in [0.3, 0.4) is 0 Å². The zero-order valence-electron chi connectivity index (χ0n) is 15.3. The van der Waals surface area contributed by atoms with E-state index >= 15 is 0 Å². The summed E-state index contributed by atoms with van der Waals surface area (Å²) in [6, 6.07) is 14.0. The number of carbonyl (C=O) groups excluding carboxylic acids is 1. The smallest absolute Gasteiger partial charge is 0.266 e. The second-order valence-electron chi connectivity index (χ2n) is 6.21. The van der Waals surface area contributed by atoms with Crippen LogP contribution in [0.15, 0.2) is 57.8 Å². The molecule has 2 aromatic carbocycles. The average Bonchev–Trinajstić information content (AvgIpc) is 2.69. The lowest BCUT2D eigenvalue weighted by atomic mass is 10.2. The van der Waals surface area contributed by atoms with Crippen LogP contribution < -0.4 is 5.56 Å². The first kappa shape index (κ1) is 20.8. The van der Waals surface area contributed by atoms with Gasteiger partial charge in [-0.05, 0) is 50.2 Å². The molecular weight excluding hydrogens is 465 g/mol. The molecule has 0 spiro atoms. The minimum Gasteiger partial charge on any atom is -0.331 e. The van der Waals surface area contributed by atoms with E-state index in [1.807, 2.05) is 44.2 Å². The summed E-state index contributed by atoms with van der Waals surface area (Å²) in [4.78, 5) is 30.8. The number of carbonyl (C=O) groups is 1. The van der Waals surface area contributed by atoms with Crippen LogP contribution in [0.1, 0.15) is 25.7 Å². The van der Waals surface area contributed by atoms with Gasteiger partial charge >= 0.3 is 0 Å². The van der Waals surface area contributed by atoms with Gasteiger partial charge in [-0.25, -0.2) is 4.98 Å². The van der Waals surface area contributed by atoms with E-state index in [0.29, 0.717) is 29.0 Å². The van der Waals surface area contributed by atoms with Crippen LogP contribution >= 0.6 is 39.1 Å². The molecule has 0 bridgehead atoms. The highest BCUT2D eigenvalue weighted by atomic mass is 79.9. The van der Waals surface area contributed by atoms with Crippen molar-refractivity contribution in [2.24, 2.45) is 0 Å². The van der Waals surface area contributed by atoms with Crippen molar-refractivity contribution < 1.29 is 4.79 Å². The van der Waals surface area contributed by atoms with Crippen LogP contribution in [-0.4, -0.2) is 31.7 Å². The monoisotopic (exact) mass is 481 g/mol. The van der Waals surface area contributed by atoms with Crippen molar-refractivity contribution >= 4 is 55.9 Å². The third kappa shape index (κ3) is 3.95. The summed E-state index contributed by atoms with van der Waals surface area (Å²) >= 11 is 15.0. The Bertz CT molecular complexity index is 1070. The minimum atomic E-state index is -1.18. The second kappa shape index (κ2) is 8.64. The molecule has 0 fully saturated rings. The molecule has 1 aromatic heterocycles. The number of alkyl halides is 2. The van der Waals surface area contributed by atoms with Gasteiger partial charge in [0.1, 0.15) is 5.82 Å². The number of fused-ring (bicyclic) bond motifs is 1. The van der Waals surface area contributed by atoms with Crippen molar-refractivity contribution in [2.45, 2.75) is 24.7 Å². The molecule has 0 aliphatic carbocycles. The Balaban J connectivity index is 2.28. The number of hydrogen-bond donors (Lipinski definition) is 0. The second-order valence-corrected chi connectivity index (χ2v) is 8.22. The van der Waals surface area contributed by atoms with E-state index in [-0.39, 0.29) is 5.56 Å². The zero-order valence-corrected chi connectivity index (χ0v) is 18.4. The van der Waals surface area contributed by atoms with Crippen molar-refractivity contribution in [2.75, 3.05) is 6.54 Å². The van der Waals surface area contributed by atoms with Crippen LogP contribution in [0.5, 0.6) is 0 Å². The Morgan fingerprint density at radius 2 is 1.82 bits per heavy atom. The molecule has 0 saturated carbocycles. The van der Waals surface area contributed by atoms with Crippen LogP contribution in [-0.2, 0) is 4.79 Å². The first-order valence-corrected chi connectivity index (χ1v) is 10.4. The van der Waals surface area contributed by atoms with E-state index in [1.165, 1.54) is 9.47 Å². The van der Waals surface area contributed by atoms with E-state index in [9.17, 15) is 9.59 Å². The molecule has 1 amide bonds. The molecule has 8 heteroatoms. The van der Waals surface area contributed by atoms with Gasteiger partial charge in [0.25, 0.3) is 11.5 Å². The predicted octanol–water partition coefficient (Wildman–Crippen LogP) is 4.86. The lowest BCUT2D eigenvalue weighted by Gasteiger charge is -2.30. The molecule has 3 aromatic rings. The maximum Gasteiger partial charge on any atom is 0.266 e. The number of benzene rings is 2. The van der Waals surface area contributed by atoms with E-state index in [4.69, 9.17) is 28.2 Å². The van der Waals surface area contributed by atoms with E-state index in [2.05, 4.69) is 15.9 Å². The summed E-state index contributed by atoms with van der Waals surface area (Å²) in [6.07, 6.45) is 0. The lowest BCUT2D eigenvalue weighted by Crippen LogP contribution is -2.39. The Morgan fingerprint density at radius 3 is 2.43 bits per heavy atom. The maximum atomic E-state index is 13.3.